The van der Waals surface area contributed by atoms with Crippen LogP contribution in [0, 0.1) is 18.6 Å². The lowest BCUT2D eigenvalue weighted by Gasteiger charge is -2.20. The molecule has 1 aromatic heterocycles. The lowest BCUT2D eigenvalue weighted by molar-refractivity contribution is -0.143. The maximum atomic E-state index is 15.3. The van der Waals surface area contributed by atoms with Crippen LogP contribution in [0.4, 0.5) is 22.0 Å². The van der Waals surface area contributed by atoms with Crippen molar-refractivity contribution >= 4 is 5.97 Å². The highest BCUT2D eigenvalue weighted by Crippen LogP contribution is 2.34. The Kier molecular flexibility index (Phi) is 10.4. The summed E-state index contributed by atoms with van der Waals surface area (Å²) in [5, 5.41) is 2.98. The van der Waals surface area contributed by atoms with E-state index in [1.165, 1.54) is 32.2 Å². The molecule has 8 nitrogen and oxygen atoms in total. The van der Waals surface area contributed by atoms with Crippen LogP contribution in [0.2, 0.25) is 0 Å². The van der Waals surface area contributed by atoms with E-state index in [0.717, 1.165) is 21.3 Å². The van der Waals surface area contributed by atoms with Crippen molar-refractivity contribution in [3.63, 3.8) is 0 Å². The van der Waals surface area contributed by atoms with E-state index in [4.69, 9.17) is 9.47 Å². The van der Waals surface area contributed by atoms with E-state index in [9.17, 15) is 31.9 Å². The predicted molar refractivity (Wildman–Crippen MR) is 141 cm³/mol. The molecule has 3 rings (SSSR count). The van der Waals surface area contributed by atoms with Gasteiger partial charge < -0.3 is 14.8 Å². The second-order valence-corrected chi connectivity index (χ2v) is 9.03. The average molecular weight is 584 g/mol. The average Bonchev–Trinajstić information content (AvgIpc) is 2.91. The molecule has 222 valence electrons. The van der Waals surface area contributed by atoms with Gasteiger partial charge in [-0.3, -0.25) is 18.7 Å². The number of benzene rings is 2. The quantitative estimate of drug-likeness (QED) is 0.195. The Morgan fingerprint density at radius 3 is 2.39 bits per heavy atom. The van der Waals surface area contributed by atoms with Gasteiger partial charge in [0, 0.05) is 36.3 Å². The van der Waals surface area contributed by atoms with Gasteiger partial charge in [0.25, 0.3) is 5.56 Å². The number of carbonyl (C=O) groups is 1. The number of hydrogen-bond donors (Lipinski definition) is 1. The molecule has 0 aliphatic carbocycles. The molecule has 41 heavy (non-hydrogen) atoms. The maximum Gasteiger partial charge on any atom is 0.416 e. The summed E-state index contributed by atoms with van der Waals surface area (Å²) in [6.45, 7) is 2.52. The van der Waals surface area contributed by atoms with Crippen LogP contribution in [-0.4, -0.2) is 41.9 Å². The van der Waals surface area contributed by atoms with Crippen molar-refractivity contribution in [3.8, 4) is 16.9 Å². The largest absolute Gasteiger partial charge is 0.494 e. The second kappa shape index (κ2) is 13.6. The lowest BCUT2D eigenvalue weighted by Crippen LogP contribution is -2.44. The van der Waals surface area contributed by atoms with Gasteiger partial charge in [-0.1, -0.05) is 18.2 Å². The fourth-order valence-electron chi connectivity index (χ4n) is 4.41. The highest BCUT2D eigenvalue weighted by molar-refractivity contribution is 5.69. The standard InChI is InChI=1S/C28H30F5N3O5/c1-4-41-23(37)12-7-13-34-14-15-35-26(38)24(18-8-5-11-22(40-3)25(18)30)17(2)36(27(35)39)16-19-20(28(31,32)33)9-6-10-21(19)29/h5-6,8-11,34H,4,7,12-16H2,1-3H3. The number of hydrogen-bond acceptors (Lipinski definition) is 6. The van der Waals surface area contributed by atoms with E-state index in [0.29, 0.717) is 19.0 Å². The normalized spacial score (nSPS) is 11.5. The third-order valence-electron chi connectivity index (χ3n) is 6.43. The zero-order valence-corrected chi connectivity index (χ0v) is 22.7. The van der Waals surface area contributed by atoms with Gasteiger partial charge in [0.2, 0.25) is 0 Å². The minimum absolute atomic E-state index is 0.0641. The fourth-order valence-corrected chi connectivity index (χ4v) is 4.41. The summed E-state index contributed by atoms with van der Waals surface area (Å²) in [7, 11) is 1.22. The van der Waals surface area contributed by atoms with Crippen molar-refractivity contribution in [2.24, 2.45) is 0 Å². The van der Waals surface area contributed by atoms with Crippen LogP contribution >= 0.6 is 0 Å². The van der Waals surface area contributed by atoms with Crippen molar-refractivity contribution < 1.29 is 36.2 Å². The molecular formula is C28H30F5N3O5. The summed E-state index contributed by atoms with van der Waals surface area (Å²) in [5.41, 5.74) is -4.63. The van der Waals surface area contributed by atoms with Gasteiger partial charge in [0.15, 0.2) is 11.6 Å². The van der Waals surface area contributed by atoms with E-state index >= 15 is 4.39 Å². The summed E-state index contributed by atoms with van der Waals surface area (Å²) < 4.78 is 82.6. The number of rotatable bonds is 12. The van der Waals surface area contributed by atoms with Gasteiger partial charge in [-0.2, -0.15) is 13.2 Å². The van der Waals surface area contributed by atoms with E-state index < -0.39 is 46.7 Å². The molecular weight excluding hydrogens is 553 g/mol. The van der Waals surface area contributed by atoms with E-state index in [1.54, 1.807) is 6.92 Å². The number of aromatic nitrogens is 2. The summed E-state index contributed by atoms with van der Waals surface area (Å²) in [5.74, 6) is -2.67. The van der Waals surface area contributed by atoms with Gasteiger partial charge >= 0.3 is 17.8 Å². The first-order chi connectivity index (χ1) is 19.4. The number of esters is 1. The number of ether oxygens (including phenoxy) is 2. The van der Waals surface area contributed by atoms with Crippen LogP contribution in [0.5, 0.6) is 5.75 Å². The number of nitrogens with zero attached hydrogens (tertiary/aromatic N) is 2. The minimum Gasteiger partial charge on any atom is -0.494 e. The van der Waals surface area contributed by atoms with E-state index in [1.807, 2.05) is 0 Å². The Morgan fingerprint density at radius 1 is 1.02 bits per heavy atom. The number of nitrogens with one attached hydrogen (secondary N) is 1. The number of methoxy groups -OCH3 is 1. The Bertz CT molecular complexity index is 1510. The van der Waals surface area contributed by atoms with Crippen LogP contribution in [0.25, 0.3) is 11.1 Å². The molecule has 2 aromatic carbocycles. The summed E-state index contributed by atoms with van der Waals surface area (Å²) in [6, 6.07) is 6.44. The summed E-state index contributed by atoms with van der Waals surface area (Å²) in [6.07, 6.45) is -4.35. The highest BCUT2D eigenvalue weighted by Gasteiger charge is 2.35. The zero-order valence-electron chi connectivity index (χ0n) is 22.7. The van der Waals surface area contributed by atoms with Crippen LogP contribution in [0.3, 0.4) is 0 Å². The van der Waals surface area contributed by atoms with E-state index in [2.05, 4.69) is 5.32 Å². The smallest absolute Gasteiger partial charge is 0.416 e. The Balaban J connectivity index is 2.09. The molecule has 3 aromatic rings. The van der Waals surface area contributed by atoms with Crippen LogP contribution in [0.1, 0.15) is 36.6 Å². The van der Waals surface area contributed by atoms with Crippen molar-refractivity contribution in [3.05, 3.63) is 85.7 Å². The molecule has 1 N–H and O–H groups in total. The Hall–Kier alpha value is -4.00. The molecule has 0 saturated heterocycles. The number of alkyl halides is 3. The van der Waals surface area contributed by atoms with Crippen molar-refractivity contribution in [1.29, 1.82) is 0 Å². The van der Waals surface area contributed by atoms with Crippen LogP contribution < -0.4 is 21.3 Å². The van der Waals surface area contributed by atoms with Crippen molar-refractivity contribution in [2.75, 3.05) is 26.8 Å². The van der Waals surface area contributed by atoms with Gasteiger partial charge in [-0.25, -0.2) is 13.6 Å². The summed E-state index contributed by atoms with van der Waals surface area (Å²) in [4.78, 5) is 38.5. The molecule has 0 spiro atoms. The fraction of sp³-hybridized carbons (Fsp3) is 0.393. The maximum absolute atomic E-state index is 15.3. The number of carbonyl (C=O) groups excluding carboxylic acids is 1. The van der Waals surface area contributed by atoms with Gasteiger partial charge in [0.05, 0.1) is 31.4 Å². The van der Waals surface area contributed by atoms with Crippen molar-refractivity contribution in [1.82, 2.24) is 14.5 Å². The minimum atomic E-state index is -4.92. The molecule has 0 bridgehead atoms. The van der Waals surface area contributed by atoms with Gasteiger partial charge in [-0.05, 0) is 45.0 Å². The highest BCUT2D eigenvalue weighted by atomic mass is 19.4. The molecule has 0 radical (unpaired) electrons. The topological polar surface area (TPSA) is 91.6 Å². The third-order valence-corrected chi connectivity index (χ3v) is 6.43. The molecule has 13 heteroatoms. The zero-order chi connectivity index (χ0) is 30.3. The molecule has 0 aliphatic heterocycles. The molecule has 0 amide bonds. The molecule has 1 heterocycles. The summed E-state index contributed by atoms with van der Waals surface area (Å²) >= 11 is 0. The first kappa shape index (κ1) is 31.5. The van der Waals surface area contributed by atoms with Crippen LogP contribution in [-0.2, 0) is 28.8 Å². The van der Waals surface area contributed by atoms with Gasteiger partial charge in [0.1, 0.15) is 5.82 Å². The molecule has 0 atom stereocenters. The van der Waals surface area contributed by atoms with Crippen LogP contribution in [0.15, 0.2) is 46.0 Å². The Labute approximate surface area is 232 Å². The SMILES string of the molecule is CCOC(=O)CCCNCCn1c(=O)c(-c2cccc(OC)c2F)c(C)n(Cc2c(F)cccc2C(F)(F)F)c1=O. The monoisotopic (exact) mass is 583 g/mol. The van der Waals surface area contributed by atoms with Gasteiger partial charge in [-0.15, -0.1) is 0 Å². The molecule has 0 aliphatic rings. The third kappa shape index (κ3) is 7.20. The first-order valence-corrected chi connectivity index (χ1v) is 12.8. The van der Waals surface area contributed by atoms with Crippen molar-refractivity contribution in [2.45, 2.75) is 46.0 Å². The predicted octanol–water partition coefficient (Wildman–Crippen LogP) is 4.27. The molecule has 0 unspecified atom stereocenters. The van der Waals surface area contributed by atoms with E-state index in [-0.39, 0.29) is 54.7 Å². The first-order valence-electron chi connectivity index (χ1n) is 12.8. The molecule has 0 fully saturated rings. The lowest BCUT2D eigenvalue weighted by atomic mass is 10.0. The number of halogens is 5. The Morgan fingerprint density at radius 2 is 1.73 bits per heavy atom. The molecule has 0 saturated carbocycles. The second-order valence-electron chi connectivity index (χ2n) is 9.03.